The van der Waals surface area contributed by atoms with Crippen LogP contribution in [0, 0.1) is 16.0 Å². The molecule has 0 amide bonds. The van der Waals surface area contributed by atoms with Crippen molar-refractivity contribution in [3.63, 3.8) is 0 Å². The summed E-state index contributed by atoms with van der Waals surface area (Å²) in [5, 5.41) is 13.2. The highest BCUT2D eigenvalue weighted by Gasteiger charge is 2.28. The van der Waals surface area contributed by atoms with E-state index in [1.807, 2.05) is 42.5 Å². The first-order chi connectivity index (χ1) is 10.7. The number of carbonyl (C=O) groups excluding carboxylic acids is 1. The molecule has 0 fully saturated rings. The summed E-state index contributed by atoms with van der Waals surface area (Å²) in [6.45, 7) is 1.85. The van der Waals surface area contributed by atoms with E-state index in [0.29, 0.717) is 6.42 Å². The Kier molecular flexibility index (Phi) is 5.64. The van der Waals surface area contributed by atoms with E-state index in [0.717, 1.165) is 35.5 Å². The Balaban J connectivity index is 2.46. The molecule has 0 unspecified atom stereocenters. The van der Waals surface area contributed by atoms with E-state index in [2.05, 4.69) is 6.92 Å². The van der Waals surface area contributed by atoms with Crippen molar-refractivity contribution in [2.75, 3.05) is 6.54 Å². The minimum atomic E-state index is -0.370. The minimum absolute atomic E-state index is 0.207. The molecule has 22 heavy (non-hydrogen) atoms. The average molecular weight is 299 g/mol. The number of rotatable bonds is 8. The zero-order chi connectivity index (χ0) is 15.9. The van der Waals surface area contributed by atoms with Crippen molar-refractivity contribution in [1.29, 1.82) is 0 Å². The smallest absolute Gasteiger partial charge is 0.211 e. The molecule has 0 aromatic heterocycles. The van der Waals surface area contributed by atoms with Crippen LogP contribution in [0.1, 0.15) is 37.7 Å². The molecule has 0 aliphatic heterocycles. The van der Waals surface area contributed by atoms with Crippen molar-refractivity contribution in [3.8, 4) is 0 Å². The third kappa shape index (κ3) is 3.70. The van der Waals surface area contributed by atoms with Crippen molar-refractivity contribution in [3.05, 3.63) is 58.1 Å². The van der Waals surface area contributed by atoms with Gasteiger partial charge in [0, 0.05) is 10.8 Å². The van der Waals surface area contributed by atoms with Gasteiger partial charge in [0.1, 0.15) is 6.29 Å². The summed E-state index contributed by atoms with van der Waals surface area (Å²) >= 11 is 0. The monoisotopic (exact) mass is 299 g/mol. The molecule has 0 aliphatic rings. The number of hydrogen-bond acceptors (Lipinski definition) is 3. The Morgan fingerprint density at radius 1 is 1.18 bits per heavy atom. The molecule has 0 N–H and O–H groups in total. The van der Waals surface area contributed by atoms with Crippen molar-refractivity contribution >= 4 is 17.1 Å². The molecule has 0 heterocycles. The van der Waals surface area contributed by atoms with Crippen LogP contribution in [0.4, 0.5) is 0 Å². The van der Waals surface area contributed by atoms with Crippen molar-refractivity contribution < 1.29 is 9.72 Å². The van der Waals surface area contributed by atoms with E-state index in [4.69, 9.17) is 0 Å². The van der Waals surface area contributed by atoms with E-state index in [1.165, 1.54) is 0 Å². The van der Waals surface area contributed by atoms with Crippen LogP contribution in [-0.2, 0) is 4.79 Å². The van der Waals surface area contributed by atoms with Gasteiger partial charge in [0.05, 0.1) is 5.92 Å². The summed E-state index contributed by atoms with van der Waals surface area (Å²) in [6, 6.07) is 13.7. The number of carbonyl (C=O) groups is 1. The van der Waals surface area contributed by atoms with E-state index < -0.39 is 0 Å². The first kappa shape index (κ1) is 16.1. The van der Waals surface area contributed by atoms with E-state index in [-0.39, 0.29) is 23.3 Å². The summed E-state index contributed by atoms with van der Waals surface area (Å²) in [5.74, 6) is -0.679. The normalized spacial score (nSPS) is 13.7. The van der Waals surface area contributed by atoms with Gasteiger partial charge in [0.25, 0.3) is 0 Å². The third-order valence-electron chi connectivity index (χ3n) is 4.15. The zero-order valence-corrected chi connectivity index (χ0v) is 12.8. The summed E-state index contributed by atoms with van der Waals surface area (Å²) < 4.78 is 0. The fourth-order valence-electron chi connectivity index (χ4n) is 3.00. The topological polar surface area (TPSA) is 60.2 Å². The van der Waals surface area contributed by atoms with Gasteiger partial charge in [-0.1, -0.05) is 62.2 Å². The summed E-state index contributed by atoms with van der Waals surface area (Å²) in [6.07, 6.45) is 3.47. The van der Waals surface area contributed by atoms with Gasteiger partial charge in [0.2, 0.25) is 6.54 Å². The van der Waals surface area contributed by atoms with Crippen LogP contribution in [0.5, 0.6) is 0 Å². The van der Waals surface area contributed by atoms with Gasteiger partial charge in [-0.3, -0.25) is 10.1 Å². The first-order valence-electron chi connectivity index (χ1n) is 7.72. The number of unbranched alkanes of at least 4 members (excludes halogenated alkanes) is 1. The van der Waals surface area contributed by atoms with Gasteiger partial charge in [-0.25, -0.2) is 0 Å². The Morgan fingerprint density at radius 3 is 2.59 bits per heavy atom. The fraction of sp³-hybridized carbons (Fsp3) is 0.389. The quantitative estimate of drug-likeness (QED) is 0.417. The molecule has 0 spiro atoms. The van der Waals surface area contributed by atoms with Crippen LogP contribution < -0.4 is 0 Å². The molecule has 0 saturated heterocycles. The molecule has 0 radical (unpaired) electrons. The van der Waals surface area contributed by atoms with Gasteiger partial charge in [0.15, 0.2) is 0 Å². The van der Waals surface area contributed by atoms with Gasteiger partial charge >= 0.3 is 0 Å². The third-order valence-corrected chi connectivity index (χ3v) is 4.15. The second-order valence-electron chi connectivity index (χ2n) is 5.63. The molecule has 2 aromatic carbocycles. The molecule has 0 saturated carbocycles. The predicted molar refractivity (Wildman–Crippen MR) is 87.6 cm³/mol. The Hall–Kier alpha value is -2.23. The second kappa shape index (κ2) is 7.69. The van der Waals surface area contributed by atoms with Crippen molar-refractivity contribution in [2.24, 2.45) is 5.92 Å². The SMILES string of the molecule is CCCC[C@@H](C=O)[C@H](C[N+](=O)[O-])c1cccc2ccccc12. The number of benzene rings is 2. The number of nitrogens with zero attached hydrogens (tertiary/aromatic N) is 1. The van der Waals surface area contributed by atoms with Gasteiger partial charge < -0.3 is 4.79 Å². The molecule has 4 heteroatoms. The lowest BCUT2D eigenvalue weighted by Gasteiger charge is -2.21. The summed E-state index contributed by atoms with van der Waals surface area (Å²) in [5.41, 5.74) is 0.906. The number of aldehydes is 1. The Bertz CT molecular complexity index is 648. The van der Waals surface area contributed by atoms with Gasteiger partial charge in [-0.15, -0.1) is 0 Å². The lowest BCUT2D eigenvalue weighted by Crippen LogP contribution is -2.23. The van der Waals surface area contributed by atoms with Crippen LogP contribution >= 0.6 is 0 Å². The largest absolute Gasteiger partial charge is 0.303 e. The highest BCUT2D eigenvalue weighted by Crippen LogP contribution is 2.32. The molecule has 2 atom stereocenters. The zero-order valence-electron chi connectivity index (χ0n) is 12.8. The molecule has 116 valence electrons. The molecule has 2 aromatic rings. The minimum Gasteiger partial charge on any atom is -0.303 e. The number of fused-ring (bicyclic) bond motifs is 1. The highest BCUT2D eigenvalue weighted by molar-refractivity contribution is 5.86. The van der Waals surface area contributed by atoms with Gasteiger partial charge in [-0.2, -0.15) is 0 Å². The molecule has 0 bridgehead atoms. The van der Waals surface area contributed by atoms with Crippen LogP contribution in [0.15, 0.2) is 42.5 Å². The second-order valence-corrected chi connectivity index (χ2v) is 5.63. The average Bonchev–Trinajstić information content (AvgIpc) is 2.53. The molecular formula is C18H21NO3. The molecular weight excluding hydrogens is 278 g/mol. The molecule has 0 aliphatic carbocycles. The predicted octanol–water partition coefficient (Wildman–Crippen LogP) is 4.21. The van der Waals surface area contributed by atoms with Crippen LogP contribution in [0.3, 0.4) is 0 Å². The first-order valence-corrected chi connectivity index (χ1v) is 7.72. The maximum atomic E-state index is 11.5. The lowest BCUT2D eigenvalue weighted by molar-refractivity contribution is -0.484. The Labute approximate surface area is 130 Å². The van der Waals surface area contributed by atoms with Crippen LogP contribution in [0.2, 0.25) is 0 Å². The lowest BCUT2D eigenvalue weighted by atomic mass is 9.81. The fourth-order valence-corrected chi connectivity index (χ4v) is 3.00. The highest BCUT2D eigenvalue weighted by atomic mass is 16.6. The molecule has 4 nitrogen and oxygen atoms in total. The van der Waals surface area contributed by atoms with Crippen molar-refractivity contribution in [2.45, 2.75) is 32.1 Å². The van der Waals surface area contributed by atoms with E-state index in [9.17, 15) is 14.9 Å². The number of nitro groups is 1. The van der Waals surface area contributed by atoms with Crippen LogP contribution in [0.25, 0.3) is 10.8 Å². The standard InChI is InChI=1S/C18H21NO3/c1-2-3-7-15(13-20)18(12-19(21)22)17-11-6-9-14-8-4-5-10-16(14)17/h4-6,8-11,13,15,18H,2-3,7,12H2,1H3/t15-,18-/m0/s1. The van der Waals surface area contributed by atoms with Crippen LogP contribution in [-0.4, -0.2) is 17.8 Å². The molecule has 2 rings (SSSR count). The van der Waals surface area contributed by atoms with E-state index in [1.54, 1.807) is 0 Å². The Morgan fingerprint density at radius 2 is 1.91 bits per heavy atom. The maximum Gasteiger partial charge on any atom is 0.211 e. The maximum absolute atomic E-state index is 11.5. The summed E-state index contributed by atoms with van der Waals surface area (Å²) in [7, 11) is 0. The van der Waals surface area contributed by atoms with E-state index >= 15 is 0 Å². The van der Waals surface area contributed by atoms with Crippen molar-refractivity contribution in [1.82, 2.24) is 0 Å². The summed E-state index contributed by atoms with van der Waals surface area (Å²) in [4.78, 5) is 22.3. The number of hydrogen-bond donors (Lipinski definition) is 0. The van der Waals surface area contributed by atoms with Gasteiger partial charge in [-0.05, 0) is 22.8 Å².